The fourth-order valence-electron chi connectivity index (χ4n) is 5.11. The lowest BCUT2D eigenvalue weighted by Crippen LogP contribution is -2.34. The van der Waals surface area contributed by atoms with Gasteiger partial charge in [-0.2, -0.15) is 0 Å². The molecule has 1 aliphatic heterocycles. The molecular weight excluding hydrogens is 337 g/mol. The number of hydrogen-bond donors (Lipinski definition) is 0. The van der Waals surface area contributed by atoms with Crippen LogP contribution >= 0.6 is 0 Å². The standard InChI is InChI=1S/C23H28FN3/c24-20-6-8-21(25-15-20)7-5-17-9-12-27(16-17)23(10-11-23)19-13-18-3-1-2-4-22(18)26-14-19/h6,8,13-15,17H,1-5,7,9-12,16H2/t17-/m1/s1. The van der Waals surface area contributed by atoms with Gasteiger partial charge in [0.15, 0.2) is 0 Å². The van der Waals surface area contributed by atoms with Gasteiger partial charge >= 0.3 is 0 Å². The maximum atomic E-state index is 13.0. The summed E-state index contributed by atoms with van der Waals surface area (Å²) in [6.07, 6.45) is 14.4. The molecule has 3 nitrogen and oxygen atoms in total. The number of likely N-dealkylation sites (tertiary alicyclic amines) is 1. The van der Waals surface area contributed by atoms with Gasteiger partial charge in [-0.3, -0.25) is 14.9 Å². The summed E-state index contributed by atoms with van der Waals surface area (Å²) in [6, 6.07) is 5.82. The number of aromatic nitrogens is 2. The van der Waals surface area contributed by atoms with Gasteiger partial charge in [-0.25, -0.2) is 4.39 Å². The first kappa shape index (κ1) is 17.3. The van der Waals surface area contributed by atoms with Crippen LogP contribution in [0.3, 0.4) is 0 Å². The van der Waals surface area contributed by atoms with Crippen LogP contribution in [0.1, 0.15) is 61.0 Å². The van der Waals surface area contributed by atoms with Crippen LogP contribution in [0.4, 0.5) is 4.39 Å². The minimum Gasteiger partial charge on any atom is -0.293 e. The second-order valence-corrected chi connectivity index (χ2v) is 8.68. The smallest absolute Gasteiger partial charge is 0.141 e. The van der Waals surface area contributed by atoms with Crippen molar-refractivity contribution in [3.8, 4) is 0 Å². The topological polar surface area (TPSA) is 29.0 Å². The molecule has 1 saturated heterocycles. The van der Waals surface area contributed by atoms with Crippen molar-refractivity contribution in [2.75, 3.05) is 13.1 Å². The first-order valence-electron chi connectivity index (χ1n) is 10.6. The Morgan fingerprint density at radius 2 is 2.00 bits per heavy atom. The van der Waals surface area contributed by atoms with Crippen LogP contribution in [0.5, 0.6) is 0 Å². The Bertz CT molecular complexity index is 813. The highest BCUT2D eigenvalue weighted by Crippen LogP contribution is 2.53. The van der Waals surface area contributed by atoms with Gasteiger partial charge in [0, 0.05) is 29.7 Å². The molecule has 5 rings (SSSR count). The van der Waals surface area contributed by atoms with Crippen molar-refractivity contribution in [1.82, 2.24) is 14.9 Å². The van der Waals surface area contributed by atoms with Gasteiger partial charge in [0.2, 0.25) is 0 Å². The van der Waals surface area contributed by atoms with Gasteiger partial charge in [0.05, 0.1) is 6.20 Å². The van der Waals surface area contributed by atoms with Crippen LogP contribution in [0.15, 0.2) is 30.6 Å². The molecule has 3 heterocycles. The normalized spacial score (nSPS) is 24.0. The molecule has 0 spiro atoms. The molecule has 0 unspecified atom stereocenters. The zero-order valence-electron chi connectivity index (χ0n) is 16.0. The third kappa shape index (κ3) is 3.40. The predicted octanol–water partition coefficient (Wildman–Crippen LogP) is 4.44. The molecule has 0 N–H and O–H groups in total. The summed E-state index contributed by atoms with van der Waals surface area (Å²) < 4.78 is 13.0. The number of aryl methyl sites for hydroxylation is 3. The molecule has 2 aromatic heterocycles. The Morgan fingerprint density at radius 1 is 1.11 bits per heavy atom. The summed E-state index contributed by atoms with van der Waals surface area (Å²) in [5, 5.41) is 0. The first-order chi connectivity index (χ1) is 13.2. The highest BCUT2D eigenvalue weighted by atomic mass is 19.1. The number of pyridine rings is 2. The molecule has 1 saturated carbocycles. The third-order valence-corrected chi connectivity index (χ3v) is 6.92. The number of halogens is 1. The van der Waals surface area contributed by atoms with E-state index in [9.17, 15) is 4.39 Å². The van der Waals surface area contributed by atoms with Gasteiger partial charge in [-0.1, -0.05) is 6.07 Å². The van der Waals surface area contributed by atoms with Gasteiger partial charge in [0.1, 0.15) is 5.82 Å². The Balaban J connectivity index is 1.24. The first-order valence-corrected chi connectivity index (χ1v) is 10.6. The van der Waals surface area contributed by atoms with E-state index in [1.807, 2.05) is 6.07 Å². The molecule has 4 heteroatoms. The zero-order chi connectivity index (χ0) is 18.3. The van der Waals surface area contributed by atoms with Crippen LogP contribution in [0.2, 0.25) is 0 Å². The van der Waals surface area contributed by atoms with E-state index < -0.39 is 0 Å². The molecule has 0 bridgehead atoms. The number of hydrogen-bond acceptors (Lipinski definition) is 3. The molecule has 27 heavy (non-hydrogen) atoms. The monoisotopic (exact) mass is 365 g/mol. The Kier molecular flexibility index (Phi) is 4.47. The molecule has 0 radical (unpaired) electrons. The molecule has 0 amide bonds. The van der Waals surface area contributed by atoms with E-state index in [-0.39, 0.29) is 11.4 Å². The maximum absolute atomic E-state index is 13.0. The van der Waals surface area contributed by atoms with Crippen molar-refractivity contribution >= 4 is 0 Å². The summed E-state index contributed by atoms with van der Waals surface area (Å²) in [5.41, 5.74) is 5.58. The Hall–Kier alpha value is -1.81. The SMILES string of the molecule is Fc1ccc(CC[C@@H]2CCN(C3(c4cnc5c(c4)CCCC5)CC3)C2)nc1. The molecule has 142 valence electrons. The second kappa shape index (κ2) is 6.97. The highest BCUT2D eigenvalue weighted by molar-refractivity contribution is 5.35. The van der Waals surface area contributed by atoms with Gasteiger partial charge in [0.25, 0.3) is 0 Å². The highest BCUT2D eigenvalue weighted by Gasteiger charge is 2.51. The van der Waals surface area contributed by atoms with Crippen LogP contribution in [0, 0.1) is 11.7 Å². The lowest BCUT2D eigenvalue weighted by Gasteiger charge is -2.29. The molecule has 3 aliphatic rings. The summed E-state index contributed by atoms with van der Waals surface area (Å²) >= 11 is 0. The lowest BCUT2D eigenvalue weighted by atomic mass is 9.93. The molecular formula is C23H28FN3. The number of fused-ring (bicyclic) bond motifs is 1. The quantitative estimate of drug-likeness (QED) is 0.784. The van der Waals surface area contributed by atoms with Crippen molar-refractivity contribution in [3.63, 3.8) is 0 Å². The van der Waals surface area contributed by atoms with Crippen LogP contribution in [-0.4, -0.2) is 28.0 Å². The van der Waals surface area contributed by atoms with Crippen molar-refractivity contribution in [2.45, 2.75) is 63.3 Å². The lowest BCUT2D eigenvalue weighted by molar-refractivity contribution is 0.212. The van der Waals surface area contributed by atoms with Crippen molar-refractivity contribution < 1.29 is 4.39 Å². The molecule has 2 fully saturated rings. The number of rotatable bonds is 5. The average molecular weight is 365 g/mol. The summed E-state index contributed by atoms with van der Waals surface area (Å²) in [4.78, 5) is 11.8. The van der Waals surface area contributed by atoms with E-state index in [0.29, 0.717) is 0 Å². The molecule has 2 aliphatic carbocycles. The second-order valence-electron chi connectivity index (χ2n) is 8.68. The number of nitrogens with zero attached hydrogens (tertiary/aromatic N) is 3. The Labute approximate surface area is 161 Å². The largest absolute Gasteiger partial charge is 0.293 e. The molecule has 2 aromatic rings. The molecule has 0 aromatic carbocycles. The van der Waals surface area contributed by atoms with Gasteiger partial charge < -0.3 is 0 Å². The minimum atomic E-state index is -0.250. The fourth-order valence-corrected chi connectivity index (χ4v) is 5.11. The summed E-state index contributed by atoms with van der Waals surface area (Å²) in [7, 11) is 0. The van der Waals surface area contributed by atoms with Crippen LogP contribution < -0.4 is 0 Å². The zero-order valence-corrected chi connectivity index (χ0v) is 16.0. The van der Waals surface area contributed by atoms with E-state index in [1.165, 1.54) is 80.7 Å². The summed E-state index contributed by atoms with van der Waals surface area (Å²) in [6.45, 7) is 2.37. The van der Waals surface area contributed by atoms with Gasteiger partial charge in [-0.05, 0) is 93.5 Å². The van der Waals surface area contributed by atoms with E-state index in [4.69, 9.17) is 4.98 Å². The molecule has 1 atom stereocenters. The maximum Gasteiger partial charge on any atom is 0.141 e. The fraction of sp³-hybridized carbons (Fsp3) is 0.565. The minimum absolute atomic E-state index is 0.250. The van der Waals surface area contributed by atoms with Crippen molar-refractivity contribution in [3.05, 3.63) is 58.9 Å². The average Bonchev–Trinajstić information content (AvgIpc) is 3.38. The van der Waals surface area contributed by atoms with Crippen LogP contribution in [-0.2, 0) is 24.8 Å². The predicted molar refractivity (Wildman–Crippen MR) is 104 cm³/mol. The van der Waals surface area contributed by atoms with E-state index in [2.05, 4.69) is 22.1 Å². The van der Waals surface area contributed by atoms with Gasteiger partial charge in [-0.15, -0.1) is 0 Å². The third-order valence-electron chi connectivity index (χ3n) is 6.92. The van der Waals surface area contributed by atoms with E-state index >= 15 is 0 Å². The van der Waals surface area contributed by atoms with Crippen molar-refractivity contribution in [1.29, 1.82) is 0 Å². The Morgan fingerprint density at radius 3 is 2.81 bits per heavy atom. The van der Waals surface area contributed by atoms with Crippen molar-refractivity contribution in [2.24, 2.45) is 5.92 Å². The summed E-state index contributed by atoms with van der Waals surface area (Å²) in [5.74, 6) is 0.472. The van der Waals surface area contributed by atoms with E-state index in [1.54, 1.807) is 0 Å². The van der Waals surface area contributed by atoms with Crippen LogP contribution in [0.25, 0.3) is 0 Å². The van der Waals surface area contributed by atoms with E-state index in [0.717, 1.165) is 30.9 Å².